The molecule has 2 aromatic rings. The van der Waals surface area contributed by atoms with Crippen LogP contribution in [0.15, 0.2) is 41.3 Å². The van der Waals surface area contributed by atoms with Gasteiger partial charge in [-0.05, 0) is 67.0 Å². The van der Waals surface area contributed by atoms with Crippen molar-refractivity contribution >= 4 is 61.5 Å². The minimum atomic E-state index is -3.81. The Morgan fingerprint density at radius 2 is 1.76 bits per heavy atom. The molecule has 0 amide bonds. The summed E-state index contributed by atoms with van der Waals surface area (Å²) in [5, 5.41) is 0.506. The van der Waals surface area contributed by atoms with E-state index < -0.39 is 10.0 Å². The van der Waals surface area contributed by atoms with Crippen LogP contribution in [0.5, 0.6) is 5.75 Å². The first kappa shape index (κ1) is 20.6. The number of rotatable bonds is 7. The Hall–Kier alpha value is -0.740. The van der Waals surface area contributed by atoms with Gasteiger partial charge in [-0.3, -0.25) is 4.72 Å². The van der Waals surface area contributed by atoms with E-state index in [-0.39, 0.29) is 14.9 Å². The summed E-state index contributed by atoms with van der Waals surface area (Å²) >= 11 is 13.9. The summed E-state index contributed by atoms with van der Waals surface area (Å²) in [6.07, 6.45) is 0. The lowest BCUT2D eigenvalue weighted by atomic mass is 10.3. The molecule has 0 saturated heterocycles. The van der Waals surface area contributed by atoms with Crippen LogP contribution >= 0.6 is 45.8 Å². The molecule has 2 aromatic carbocycles. The Morgan fingerprint density at radius 3 is 2.36 bits per heavy atom. The lowest BCUT2D eigenvalue weighted by Gasteiger charge is -2.14. The van der Waals surface area contributed by atoms with Crippen LogP contribution in [0.2, 0.25) is 10.0 Å². The third-order valence-corrected chi connectivity index (χ3v) is 5.81. The minimum absolute atomic E-state index is 0.00127. The summed E-state index contributed by atoms with van der Waals surface area (Å²) in [5.41, 5.74) is 0.399. The summed E-state index contributed by atoms with van der Waals surface area (Å²) in [5.74, 6) is 0.617. The van der Waals surface area contributed by atoms with Crippen LogP contribution in [-0.2, 0) is 10.0 Å². The van der Waals surface area contributed by atoms with E-state index >= 15 is 0 Å². The van der Waals surface area contributed by atoms with Crippen LogP contribution in [0.25, 0.3) is 0 Å². The van der Waals surface area contributed by atoms with Crippen LogP contribution < -0.4 is 9.46 Å². The highest BCUT2D eigenvalue weighted by Crippen LogP contribution is 2.28. The molecule has 0 unspecified atom stereocenters. The quantitative estimate of drug-likeness (QED) is 0.558. The highest BCUT2D eigenvalue weighted by Gasteiger charge is 2.16. The van der Waals surface area contributed by atoms with E-state index in [4.69, 9.17) is 27.9 Å². The molecule has 0 saturated carbocycles. The molecule has 0 fully saturated rings. The number of nitrogens with zero attached hydrogens (tertiary/aromatic N) is 1. The maximum Gasteiger partial charge on any atom is 0.261 e. The second kappa shape index (κ2) is 8.77. The van der Waals surface area contributed by atoms with Crippen molar-refractivity contribution in [3.05, 3.63) is 50.0 Å². The second-order valence-electron chi connectivity index (χ2n) is 5.51. The normalized spacial score (nSPS) is 11.6. The van der Waals surface area contributed by atoms with Crippen molar-refractivity contribution in [1.29, 1.82) is 0 Å². The molecule has 0 aromatic heterocycles. The van der Waals surface area contributed by atoms with E-state index in [1.807, 2.05) is 19.0 Å². The molecular formula is C16H17Cl2IN2O3S. The number of likely N-dealkylation sites (N-methyl/N-ethyl adjacent to an activating group) is 1. The largest absolute Gasteiger partial charge is 0.491 e. The molecule has 136 valence electrons. The first-order valence-electron chi connectivity index (χ1n) is 7.23. The lowest BCUT2D eigenvalue weighted by Crippen LogP contribution is -2.19. The zero-order valence-corrected chi connectivity index (χ0v) is 18.1. The third kappa shape index (κ3) is 6.18. The maximum atomic E-state index is 12.5. The summed E-state index contributed by atoms with van der Waals surface area (Å²) in [6, 6.07) is 9.28. The van der Waals surface area contributed by atoms with Gasteiger partial charge in [-0.25, -0.2) is 8.42 Å². The lowest BCUT2D eigenvalue weighted by molar-refractivity contribution is 0.260. The molecule has 5 nitrogen and oxygen atoms in total. The van der Waals surface area contributed by atoms with Gasteiger partial charge in [0.15, 0.2) is 0 Å². The van der Waals surface area contributed by atoms with Crippen molar-refractivity contribution in [3.63, 3.8) is 0 Å². The zero-order valence-electron chi connectivity index (χ0n) is 13.6. The smallest absolute Gasteiger partial charge is 0.261 e. The Morgan fingerprint density at radius 1 is 1.12 bits per heavy atom. The van der Waals surface area contributed by atoms with Crippen LogP contribution in [0.4, 0.5) is 5.69 Å². The zero-order chi connectivity index (χ0) is 18.6. The molecule has 0 atom stereocenters. The van der Waals surface area contributed by atoms with E-state index in [0.717, 1.165) is 10.1 Å². The fraction of sp³-hybridized carbons (Fsp3) is 0.250. The van der Waals surface area contributed by atoms with Gasteiger partial charge in [-0.15, -0.1) is 0 Å². The van der Waals surface area contributed by atoms with Gasteiger partial charge >= 0.3 is 0 Å². The first-order valence-corrected chi connectivity index (χ1v) is 10.5. The Labute approximate surface area is 171 Å². The number of nitrogens with one attached hydrogen (secondary N) is 1. The van der Waals surface area contributed by atoms with Crippen molar-refractivity contribution in [2.45, 2.75) is 4.90 Å². The summed E-state index contributed by atoms with van der Waals surface area (Å²) in [7, 11) is 0.0997. The second-order valence-corrected chi connectivity index (χ2v) is 9.23. The van der Waals surface area contributed by atoms with Gasteiger partial charge in [0.2, 0.25) is 0 Å². The molecular weight excluding hydrogens is 498 g/mol. The van der Waals surface area contributed by atoms with Gasteiger partial charge in [0, 0.05) is 22.7 Å². The number of halogens is 3. The van der Waals surface area contributed by atoms with Crippen molar-refractivity contribution < 1.29 is 13.2 Å². The monoisotopic (exact) mass is 514 g/mol. The molecule has 2 rings (SSSR count). The van der Waals surface area contributed by atoms with Gasteiger partial charge in [-0.1, -0.05) is 23.2 Å². The van der Waals surface area contributed by atoms with Gasteiger partial charge in [0.1, 0.15) is 12.4 Å². The Bertz CT molecular complexity index is 840. The van der Waals surface area contributed by atoms with Crippen LogP contribution in [0, 0.1) is 3.57 Å². The van der Waals surface area contributed by atoms with E-state index in [1.54, 1.807) is 18.2 Å². The van der Waals surface area contributed by atoms with Crippen molar-refractivity contribution in [3.8, 4) is 5.75 Å². The summed E-state index contributed by atoms with van der Waals surface area (Å²) < 4.78 is 34.2. The number of hydrogen-bond acceptors (Lipinski definition) is 4. The number of anilines is 1. The fourth-order valence-corrected chi connectivity index (χ4v) is 4.18. The van der Waals surface area contributed by atoms with E-state index in [0.29, 0.717) is 18.0 Å². The van der Waals surface area contributed by atoms with Gasteiger partial charge < -0.3 is 9.64 Å². The SMILES string of the molecule is CN(C)CCOc1cc(NS(=O)(=O)c2cc(Cl)cc(Cl)c2)ccc1I. The van der Waals surface area contributed by atoms with E-state index in [1.165, 1.54) is 18.2 Å². The average molecular weight is 515 g/mol. The minimum Gasteiger partial charge on any atom is -0.491 e. The summed E-state index contributed by atoms with van der Waals surface area (Å²) in [6.45, 7) is 1.26. The van der Waals surface area contributed by atoms with Crippen molar-refractivity contribution in [2.24, 2.45) is 0 Å². The highest BCUT2D eigenvalue weighted by atomic mass is 127. The van der Waals surface area contributed by atoms with E-state index in [9.17, 15) is 8.42 Å². The molecule has 1 N–H and O–H groups in total. The molecule has 0 aliphatic heterocycles. The third-order valence-electron chi connectivity index (χ3n) is 3.13. The van der Waals surface area contributed by atoms with Crippen molar-refractivity contribution in [1.82, 2.24) is 4.90 Å². The molecule has 0 spiro atoms. The summed E-state index contributed by atoms with van der Waals surface area (Å²) in [4.78, 5) is 2.00. The predicted molar refractivity (Wildman–Crippen MR) is 110 cm³/mol. The van der Waals surface area contributed by atoms with Crippen LogP contribution in [0.3, 0.4) is 0 Å². The van der Waals surface area contributed by atoms with Crippen LogP contribution in [0.1, 0.15) is 0 Å². The standard InChI is InChI=1S/C16H17Cl2IN2O3S/c1-21(2)5-6-24-16-10-13(3-4-15(16)19)20-25(22,23)14-8-11(17)7-12(18)9-14/h3-4,7-10,20H,5-6H2,1-2H3. The molecule has 0 bridgehead atoms. The number of sulfonamides is 1. The topological polar surface area (TPSA) is 58.6 Å². The highest BCUT2D eigenvalue weighted by molar-refractivity contribution is 14.1. The van der Waals surface area contributed by atoms with Gasteiger partial charge in [0.25, 0.3) is 10.0 Å². The molecule has 0 radical (unpaired) electrons. The molecule has 9 heteroatoms. The Kier molecular flexibility index (Phi) is 7.21. The number of ether oxygens (including phenoxy) is 1. The fourth-order valence-electron chi connectivity index (χ4n) is 1.91. The van der Waals surface area contributed by atoms with E-state index in [2.05, 4.69) is 27.3 Å². The molecule has 0 aliphatic carbocycles. The van der Waals surface area contributed by atoms with Crippen molar-refractivity contribution in [2.75, 3.05) is 32.0 Å². The van der Waals surface area contributed by atoms with Crippen LogP contribution in [-0.4, -0.2) is 40.6 Å². The first-order chi connectivity index (χ1) is 11.7. The number of benzene rings is 2. The molecule has 0 aliphatic rings. The predicted octanol–water partition coefficient (Wildman–Crippen LogP) is 4.34. The van der Waals surface area contributed by atoms with Gasteiger partial charge in [-0.2, -0.15) is 0 Å². The number of hydrogen-bond donors (Lipinski definition) is 1. The molecule has 0 heterocycles. The maximum absolute atomic E-state index is 12.5. The van der Waals surface area contributed by atoms with Gasteiger partial charge in [0.05, 0.1) is 14.2 Å². The Balaban J connectivity index is 2.21. The molecule has 25 heavy (non-hydrogen) atoms. The average Bonchev–Trinajstić information content (AvgIpc) is 2.49.